The highest BCUT2D eigenvalue weighted by Gasteiger charge is 2.51. The first-order valence-electron chi connectivity index (χ1n) is 24.4. The van der Waals surface area contributed by atoms with Gasteiger partial charge >= 0.3 is 6.16 Å². The number of carbonyl (C=O) groups is 1. The van der Waals surface area contributed by atoms with Crippen LogP contribution in [-0.4, -0.2) is 142 Å². The number of ether oxygens (including phenoxy) is 8. The van der Waals surface area contributed by atoms with Gasteiger partial charge in [0.2, 0.25) is 24.3 Å². The molecule has 0 bridgehead atoms. The van der Waals surface area contributed by atoms with Gasteiger partial charge < -0.3 is 68.5 Å². The molecule has 12 atom stereocenters. The maximum atomic E-state index is 13.7. The van der Waals surface area contributed by atoms with E-state index in [0.29, 0.717) is 24.0 Å². The molecule has 0 amide bonds. The fourth-order valence-electron chi connectivity index (χ4n) is 8.80. The molecule has 388 valence electrons. The molecule has 2 aliphatic rings. The maximum Gasteiger partial charge on any atom is 0.509 e. The zero-order valence-corrected chi connectivity index (χ0v) is 42.3. The number of aromatic nitrogens is 4. The fraction of sp³-hybridized carbons (Fsp3) is 0.627. The molecule has 0 radical (unpaired) electrons. The average molecular weight is 983 g/mol. The van der Waals surface area contributed by atoms with Crippen molar-refractivity contribution in [3.8, 4) is 23.3 Å². The minimum Gasteiger partial charge on any atom is -0.491 e. The van der Waals surface area contributed by atoms with Crippen molar-refractivity contribution in [2.24, 2.45) is 0 Å². The van der Waals surface area contributed by atoms with Crippen LogP contribution < -0.4 is 18.9 Å². The van der Waals surface area contributed by atoms with Crippen molar-refractivity contribution in [2.75, 3.05) is 0 Å². The Bertz CT molecular complexity index is 2140. The summed E-state index contributed by atoms with van der Waals surface area (Å²) in [6.07, 6.45) is -19.3. The van der Waals surface area contributed by atoms with E-state index in [-0.39, 0.29) is 48.9 Å². The van der Waals surface area contributed by atoms with E-state index in [4.69, 9.17) is 48.1 Å². The molecule has 2 saturated heterocycles. The van der Waals surface area contributed by atoms with E-state index in [1.165, 1.54) is 0 Å². The number of nitrogens with zero attached hydrogens (tertiary/aromatic N) is 4. The van der Waals surface area contributed by atoms with Crippen LogP contribution in [0.25, 0.3) is 0 Å². The van der Waals surface area contributed by atoms with Crippen LogP contribution in [0.3, 0.4) is 0 Å². The normalized spacial score (nSPS) is 25.9. The Hall–Kier alpha value is -4.99. The zero-order chi connectivity index (χ0) is 51.3. The third kappa shape index (κ3) is 12.5. The molecule has 4 aromatic rings. The largest absolute Gasteiger partial charge is 0.509 e. The molecule has 0 spiro atoms. The van der Waals surface area contributed by atoms with Crippen molar-refractivity contribution in [3.63, 3.8) is 0 Å². The molecule has 19 heteroatoms. The lowest BCUT2D eigenvalue weighted by Gasteiger charge is -2.43. The van der Waals surface area contributed by atoms with Gasteiger partial charge in [-0.05, 0) is 117 Å². The molecule has 4 heterocycles. The number of hydrogen-bond donors (Lipinski definition) is 6. The van der Waals surface area contributed by atoms with Crippen molar-refractivity contribution in [1.29, 1.82) is 0 Å². The van der Waals surface area contributed by atoms with Crippen LogP contribution in [0, 0.1) is 13.8 Å². The third-order valence-electron chi connectivity index (χ3n) is 12.5. The third-order valence-corrected chi connectivity index (χ3v) is 12.5. The van der Waals surface area contributed by atoms with E-state index in [9.17, 15) is 35.4 Å². The Labute approximate surface area is 410 Å². The number of aliphatic hydroxyl groups excluding tert-OH is 6. The first-order valence-corrected chi connectivity index (χ1v) is 24.4. The number of benzene rings is 2. The first-order chi connectivity index (χ1) is 33.1. The Kier molecular flexibility index (Phi) is 18.2. The summed E-state index contributed by atoms with van der Waals surface area (Å²) in [4.78, 5) is 13.7. The average Bonchev–Trinajstić information content (AvgIpc) is 3.79. The molecule has 6 N–H and O–H groups in total. The van der Waals surface area contributed by atoms with Gasteiger partial charge in [-0.15, -0.1) is 10.2 Å². The molecule has 70 heavy (non-hydrogen) atoms. The van der Waals surface area contributed by atoms with Crippen LogP contribution in [0.5, 0.6) is 23.3 Å². The van der Waals surface area contributed by atoms with Gasteiger partial charge in [0, 0.05) is 47.4 Å². The van der Waals surface area contributed by atoms with Crippen LogP contribution in [-0.2, 0) is 31.8 Å². The van der Waals surface area contributed by atoms with Crippen LogP contribution in [0.4, 0.5) is 4.79 Å². The van der Waals surface area contributed by atoms with Gasteiger partial charge in [-0.1, -0.05) is 38.1 Å². The second-order valence-electron chi connectivity index (χ2n) is 19.3. The standard InChI is InChI=1S/C51H74N4O15/c1-13-37(45-41(58)39(56)43(60)49(67-45)69-47-35(29(11)54(52-47)25(3)4)23-31-15-19-33(20-16-31)63-27(7)8)65-51(62)66-38(14-2)46-42(59)40(57)44(61)50(68-46)70-48-36(30(12)55(53-48)26(5)6)24-32-17-21-34(22-18-32)64-28(9)10/h15-22,25-28,37-46,49-50,56-61H,13-14,23-24H2,1-12H3/t37?,38?,39-,40-,41+,42+,43+,44+,45-,46-,49-,50-/m0/s1. The van der Waals surface area contributed by atoms with Gasteiger partial charge in [-0.3, -0.25) is 9.36 Å². The summed E-state index contributed by atoms with van der Waals surface area (Å²) in [5.41, 5.74) is 4.88. The number of hydrogen-bond acceptors (Lipinski definition) is 17. The summed E-state index contributed by atoms with van der Waals surface area (Å²) in [5.74, 6) is 1.73. The minimum absolute atomic E-state index is 0.0110. The summed E-state index contributed by atoms with van der Waals surface area (Å²) >= 11 is 0. The Morgan fingerprint density at radius 2 is 0.900 bits per heavy atom. The lowest BCUT2D eigenvalue weighted by atomic mass is 9.94. The molecular formula is C51H74N4O15. The van der Waals surface area contributed by atoms with Crippen LogP contribution in [0.2, 0.25) is 0 Å². The smallest absolute Gasteiger partial charge is 0.491 e. The summed E-state index contributed by atoms with van der Waals surface area (Å²) in [5, 5.41) is 76.5. The Morgan fingerprint density at radius 3 is 1.20 bits per heavy atom. The van der Waals surface area contributed by atoms with Crippen molar-refractivity contribution >= 4 is 6.16 Å². The van der Waals surface area contributed by atoms with E-state index >= 15 is 0 Å². The molecule has 2 aromatic heterocycles. The van der Waals surface area contributed by atoms with Crippen molar-refractivity contribution in [1.82, 2.24) is 19.6 Å². The van der Waals surface area contributed by atoms with Crippen LogP contribution in [0.15, 0.2) is 48.5 Å². The van der Waals surface area contributed by atoms with Crippen molar-refractivity contribution < 1.29 is 73.3 Å². The highest BCUT2D eigenvalue weighted by atomic mass is 16.8. The molecule has 19 nitrogen and oxygen atoms in total. The van der Waals surface area contributed by atoms with Gasteiger partial charge in [0.1, 0.15) is 72.5 Å². The molecule has 2 aliphatic heterocycles. The van der Waals surface area contributed by atoms with Crippen molar-refractivity contribution in [2.45, 2.75) is 207 Å². The highest BCUT2D eigenvalue weighted by molar-refractivity contribution is 5.60. The molecule has 2 fully saturated rings. The monoisotopic (exact) mass is 983 g/mol. The molecule has 0 aliphatic carbocycles. The van der Waals surface area contributed by atoms with Gasteiger partial charge in [0.15, 0.2) is 0 Å². The second-order valence-corrected chi connectivity index (χ2v) is 19.3. The lowest BCUT2D eigenvalue weighted by molar-refractivity contribution is -0.294. The quantitative estimate of drug-likeness (QED) is 0.0607. The van der Waals surface area contributed by atoms with Crippen LogP contribution in [0.1, 0.15) is 128 Å². The van der Waals surface area contributed by atoms with E-state index in [1.54, 1.807) is 23.2 Å². The minimum atomic E-state index is -1.79. The topological polar surface area (TPSA) is 248 Å². The predicted molar refractivity (Wildman–Crippen MR) is 255 cm³/mol. The van der Waals surface area contributed by atoms with Gasteiger partial charge in [0.25, 0.3) is 0 Å². The molecule has 2 aromatic carbocycles. The Balaban J connectivity index is 1.16. The van der Waals surface area contributed by atoms with E-state index in [1.807, 2.05) is 118 Å². The van der Waals surface area contributed by atoms with E-state index in [0.717, 1.165) is 34.0 Å². The number of rotatable bonds is 20. The van der Waals surface area contributed by atoms with E-state index < -0.39 is 79.8 Å². The predicted octanol–water partition coefficient (Wildman–Crippen LogP) is 5.40. The van der Waals surface area contributed by atoms with Gasteiger partial charge in [0.05, 0.1) is 12.2 Å². The van der Waals surface area contributed by atoms with E-state index in [2.05, 4.69) is 0 Å². The number of carbonyl (C=O) groups excluding carboxylic acids is 1. The summed E-state index contributed by atoms with van der Waals surface area (Å²) < 4.78 is 51.3. The van der Waals surface area contributed by atoms with Crippen molar-refractivity contribution in [3.05, 3.63) is 82.2 Å². The lowest BCUT2D eigenvalue weighted by Crippen LogP contribution is -2.63. The highest BCUT2D eigenvalue weighted by Crippen LogP contribution is 2.35. The maximum absolute atomic E-state index is 13.7. The summed E-state index contributed by atoms with van der Waals surface area (Å²) in [7, 11) is 0. The molecule has 0 saturated carbocycles. The van der Waals surface area contributed by atoms with Gasteiger partial charge in [-0.25, -0.2) is 4.79 Å². The molecular weight excluding hydrogens is 909 g/mol. The number of aliphatic hydroxyl groups is 6. The first kappa shape index (κ1) is 54.3. The molecule has 6 rings (SSSR count). The summed E-state index contributed by atoms with van der Waals surface area (Å²) in [6.45, 7) is 22.8. The SMILES string of the molecule is CCC(OC(=O)OC(CC)[C@@H]1O[C@@H](Oc2nn(C(C)C)c(C)c2Cc2ccc(OC(C)C)cc2)[C@H](O)[C@@H](O)[C@H]1O)[C@@H]1O[C@@H](Oc2nn(C(C)C)c(C)c2Cc2ccc(OC(C)C)cc2)[C@H](O)[C@@H](O)[C@H]1O. The zero-order valence-electron chi connectivity index (χ0n) is 42.3. The summed E-state index contributed by atoms with van der Waals surface area (Å²) in [6, 6.07) is 15.1. The molecule has 2 unspecified atom stereocenters. The second kappa shape index (κ2) is 23.5. The van der Waals surface area contributed by atoms with Crippen LogP contribution >= 0.6 is 0 Å². The Morgan fingerprint density at radius 1 is 0.557 bits per heavy atom. The fourth-order valence-corrected chi connectivity index (χ4v) is 8.80. The van der Waals surface area contributed by atoms with Gasteiger partial charge in [-0.2, -0.15) is 0 Å².